The number of amides is 1. The summed E-state index contributed by atoms with van der Waals surface area (Å²) in [7, 11) is 0. The number of nitrogens with zero attached hydrogens (tertiary/aromatic N) is 1. The second-order valence-corrected chi connectivity index (χ2v) is 5.57. The van der Waals surface area contributed by atoms with Crippen molar-refractivity contribution in [1.29, 1.82) is 0 Å². The average molecular weight is 311 g/mol. The molecule has 5 nitrogen and oxygen atoms in total. The third-order valence-electron chi connectivity index (χ3n) is 3.81. The monoisotopic (exact) mass is 311 g/mol. The van der Waals surface area contributed by atoms with Gasteiger partial charge in [0.05, 0.1) is 6.42 Å². The lowest BCUT2D eigenvalue weighted by atomic mass is 10.0. The van der Waals surface area contributed by atoms with Crippen molar-refractivity contribution < 1.29 is 19.4 Å². The Morgan fingerprint density at radius 1 is 1.00 bits per heavy atom. The maximum atomic E-state index is 12.2. The minimum atomic E-state index is -0.859. The first kappa shape index (κ1) is 15.1. The Balaban J connectivity index is 1.60. The molecule has 118 valence electrons. The molecule has 1 aliphatic rings. The predicted molar refractivity (Wildman–Crippen MR) is 83.7 cm³/mol. The number of aliphatic carboxylic acids is 1. The summed E-state index contributed by atoms with van der Waals surface area (Å²) in [4.78, 5) is 24.6. The van der Waals surface area contributed by atoms with E-state index in [2.05, 4.69) is 0 Å². The molecular formula is C18H17NO4. The zero-order valence-corrected chi connectivity index (χ0v) is 12.6. The highest BCUT2D eigenvalue weighted by atomic mass is 16.6. The van der Waals surface area contributed by atoms with Gasteiger partial charge in [-0.15, -0.1) is 0 Å². The maximum absolute atomic E-state index is 12.2. The van der Waals surface area contributed by atoms with Crippen molar-refractivity contribution in [2.75, 3.05) is 0 Å². The molecule has 3 rings (SSSR count). The number of carbonyl (C=O) groups excluding carboxylic acids is 1. The van der Waals surface area contributed by atoms with E-state index in [1.54, 1.807) is 11.0 Å². The van der Waals surface area contributed by atoms with Crippen LogP contribution in [0.15, 0.2) is 48.5 Å². The fourth-order valence-electron chi connectivity index (χ4n) is 2.67. The fraction of sp³-hybridized carbons (Fsp3) is 0.222. The molecular weight excluding hydrogens is 294 g/mol. The van der Waals surface area contributed by atoms with Crippen molar-refractivity contribution in [1.82, 2.24) is 4.90 Å². The van der Waals surface area contributed by atoms with E-state index >= 15 is 0 Å². The maximum Gasteiger partial charge on any atom is 0.410 e. The van der Waals surface area contributed by atoms with Gasteiger partial charge in [-0.3, -0.25) is 9.69 Å². The zero-order valence-electron chi connectivity index (χ0n) is 12.6. The van der Waals surface area contributed by atoms with Crippen LogP contribution in [0.5, 0.6) is 0 Å². The molecule has 0 saturated carbocycles. The highest BCUT2D eigenvalue weighted by Crippen LogP contribution is 2.25. The van der Waals surface area contributed by atoms with Crippen LogP contribution in [0.2, 0.25) is 0 Å². The highest BCUT2D eigenvalue weighted by Gasteiger charge is 2.24. The summed E-state index contributed by atoms with van der Waals surface area (Å²) in [6, 6.07) is 15.1. The van der Waals surface area contributed by atoms with Gasteiger partial charge in [0.1, 0.15) is 6.61 Å². The molecule has 0 aromatic heterocycles. The van der Waals surface area contributed by atoms with Gasteiger partial charge < -0.3 is 9.84 Å². The number of hydrogen-bond acceptors (Lipinski definition) is 3. The first-order chi connectivity index (χ1) is 11.1. The lowest BCUT2D eigenvalue weighted by Crippen LogP contribution is -2.25. The van der Waals surface area contributed by atoms with Gasteiger partial charge in [0.25, 0.3) is 0 Å². The SMILES string of the molecule is O=C(O)Cc1ccc2c(c1)CN(C(=O)OCc1ccccc1)C2. The Bertz CT molecular complexity index is 727. The van der Waals surface area contributed by atoms with Crippen molar-refractivity contribution in [3.05, 3.63) is 70.8 Å². The molecule has 1 amide bonds. The molecule has 1 N–H and O–H groups in total. The van der Waals surface area contributed by atoms with Gasteiger partial charge in [0, 0.05) is 13.1 Å². The van der Waals surface area contributed by atoms with Gasteiger partial charge in [0.15, 0.2) is 0 Å². The summed E-state index contributed by atoms with van der Waals surface area (Å²) in [5.74, 6) is -0.859. The van der Waals surface area contributed by atoms with Crippen molar-refractivity contribution in [3.8, 4) is 0 Å². The van der Waals surface area contributed by atoms with Crippen LogP contribution in [-0.2, 0) is 35.6 Å². The van der Waals surface area contributed by atoms with Gasteiger partial charge in [0.2, 0.25) is 0 Å². The van der Waals surface area contributed by atoms with Crippen LogP contribution in [0.3, 0.4) is 0 Å². The standard InChI is InChI=1S/C18H17NO4/c20-17(21)9-14-6-7-15-10-19(11-16(15)8-14)18(22)23-12-13-4-2-1-3-5-13/h1-8H,9-12H2,(H,20,21). The van der Waals surface area contributed by atoms with Crippen molar-refractivity contribution in [2.45, 2.75) is 26.1 Å². The minimum Gasteiger partial charge on any atom is -0.481 e. The number of carbonyl (C=O) groups is 2. The first-order valence-electron chi connectivity index (χ1n) is 7.40. The van der Waals surface area contributed by atoms with Gasteiger partial charge >= 0.3 is 12.1 Å². The predicted octanol–water partition coefficient (Wildman–Crippen LogP) is 2.97. The van der Waals surface area contributed by atoms with Crippen molar-refractivity contribution in [2.24, 2.45) is 0 Å². The van der Waals surface area contributed by atoms with E-state index in [0.717, 1.165) is 22.3 Å². The summed E-state index contributed by atoms with van der Waals surface area (Å²) in [5.41, 5.74) is 3.72. The third kappa shape index (κ3) is 3.69. The summed E-state index contributed by atoms with van der Waals surface area (Å²) < 4.78 is 5.33. The normalized spacial score (nSPS) is 12.8. The highest BCUT2D eigenvalue weighted by molar-refractivity contribution is 5.71. The Morgan fingerprint density at radius 2 is 1.74 bits per heavy atom. The lowest BCUT2D eigenvalue weighted by molar-refractivity contribution is -0.136. The molecule has 5 heteroatoms. The summed E-state index contributed by atoms with van der Waals surface area (Å²) >= 11 is 0. The van der Waals surface area contributed by atoms with E-state index in [4.69, 9.17) is 9.84 Å². The van der Waals surface area contributed by atoms with E-state index in [1.807, 2.05) is 42.5 Å². The van der Waals surface area contributed by atoms with E-state index in [0.29, 0.717) is 13.1 Å². The molecule has 2 aromatic carbocycles. The Labute approximate surface area is 134 Å². The van der Waals surface area contributed by atoms with Crippen LogP contribution in [0.1, 0.15) is 22.3 Å². The number of hydrogen-bond donors (Lipinski definition) is 1. The Morgan fingerprint density at radius 3 is 2.48 bits per heavy atom. The van der Waals surface area contributed by atoms with Gasteiger partial charge in [-0.25, -0.2) is 4.79 Å². The molecule has 0 atom stereocenters. The van der Waals surface area contributed by atoms with E-state index in [-0.39, 0.29) is 19.1 Å². The van der Waals surface area contributed by atoms with Crippen LogP contribution in [0.4, 0.5) is 4.79 Å². The number of benzene rings is 2. The zero-order chi connectivity index (χ0) is 16.2. The van der Waals surface area contributed by atoms with E-state index in [1.165, 1.54) is 0 Å². The average Bonchev–Trinajstić information content (AvgIpc) is 2.96. The molecule has 0 spiro atoms. The molecule has 0 radical (unpaired) electrons. The van der Waals surface area contributed by atoms with Gasteiger partial charge in [-0.1, -0.05) is 48.5 Å². The van der Waals surface area contributed by atoms with E-state index in [9.17, 15) is 9.59 Å². The van der Waals surface area contributed by atoms with Crippen LogP contribution in [0.25, 0.3) is 0 Å². The number of carboxylic acid groups (broad SMARTS) is 1. The lowest BCUT2D eigenvalue weighted by Gasteiger charge is -2.15. The molecule has 0 bridgehead atoms. The first-order valence-corrected chi connectivity index (χ1v) is 7.40. The second-order valence-electron chi connectivity index (χ2n) is 5.57. The molecule has 1 aliphatic heterocycles. The van der Waals surface area contributed by atoms with Crippen molar-refractivity contribution in [3.63, 3.8) is 0 Å². The number of ether oxygens (including phenoxy) is 1. The molecule has 2 aromatic rings. The van der Waals surface area contributed by atoms with Gasteiger partial charge in [-0.2, -0.15) is 0 Å². The van der Waals surface area contributed by atoms with Crippen molar-refractivity contribution >= 4 is 12.1 Å². The molecule has 1 heterocycles. The van der Waals surface area contributed by atoms with Gasteiger partial charge in [-0.05, 0) is 22.3 Å². The number of rotatable bonds is 4. The Kier molecular flexibility index (Phi) is 4.28. The molecule has 23 heavy (non-hydrogen) atoms. The smallest absolute Gasteiger partial charge is 0.410 e. The van der Waals surface area contributed by atoms with Crippen LogP contribution < -0.4 is 0 Å². The summed E-state index contributed by atoms with van der Waals surface area (Å²) in [5, 5.41) is 8.85. The second kappa shape index (κ2) is 6.52. The van der Waals surface area contributed by atoms with Crippen LogP contribution in [-0.4, -0.2) is 22.1 Å². The van der Waals surface area contributed by atoms with Crippen LogP contribution in [0, 0.1) is 0 Å². The number of fused-ring (bicyclic) bond motifs is 1. The third-order valence-corrected chi connectivity index (χ3v) is 3.81. The molecule has 0 saturated heterocycles. The minimum absolute atomic E-state index is 0.00820. The van der Waals surface area contributed by atoms with E-state index < -0.39 is 5.97 Å². The summed E-state index contributed by atoms with van der Waals surface area (Å²) in [6.07, 6.45) is -0.365. The fourth-order valence-corrected chi connectivity index (χ4v) is 2.67. The molecule has 0 fully saturated rings. The molecule has 0 aliphatic carbocycles. The quantitative estimate of drug-likeness (QED) is 0.942. The number of carboxylic acids is 1. The van der Waals surface area contributed by atoms with Crippen LogP contribution >= 0.6 is 0 Å². The largest absolute Gasteiger partial charge is 0.481 e. The molecule has 0 unspecified atom stereocenters. The summed E-state index contributed by atoms with van der Waals surface area (Å²) in [6.45, 7) is 1.20. The topological polar surface area (TPSA) is 66.8 Å². The Hall–Kier alpha value is -2.82.